The average Bonchev–Trinajstić information content (AvgIpc) is 2.70. The Balaban J connectivity index is 1.79. The van der Waals surface area contributed by atoms with E-state index < -0.39 is 18.0 Å². The molecule has 0 saturated carbocycles. The van der Waals surface area contributed by atoms with Crippen LogP contribution in [0.2, 0.25) is 0 Å². The Morgan fingerprint density at radius 3 is 1.90 bits per heavy atom. The van der Waals surface area contributed by atoms with Crippen LogP contribution in [0.25, 0.3) is 0 Å². The maximum atomic E-state index is 12.2. The van der Waals surface area contributed by atoms with Crippen LogP contribution in [0.5, 0.6) is 0 Å². The van der Waals surface area contributed by atoms with Crippen molar-refractivity contribution in [1.29, 1.82) is 0 Å². The van der Waals surface area contributed by atoms with Crippen molar-refractivity contribution in [3.63, 3.8) is 0 Å². The summed E-state index contributed by atoms with van der Waals surface area (Å²) in [4.78, 5) is 48.1. The van der Waals surface area contributed by atoms with E-state index >= 15 is 0 Å². The number of carbonyl (C=O) groups is 4. The van der Waals surface area contributed by atoms with Crippen LogP contribution in [0.15, 0.2) is 48.5 Å². The quantitative estimate of drug-likeness (QED) is 0.517. The van der Waals surface area contributed by atoms with E-state index in [0.29, 0.717) is 16.8 Å². The van der Waals surface area contributed by atoms with Crippen LogP contribution in [0.3, 0.4) is 0 Å². The molecule has 0 unspecified atom stereocenters. The van der Waals surface area contributed by atoms with Crippen molar-refractivity contribution < 1.29 is 23.9 Å². The van der Waals surface area contributed by atoms with Crippen molar-refractivity contribution in [3.05, 3.63) is 65.2 Å². The fourth-order valence-corrected chi connectivity index (χ4v) is 2.46. The van der Waals surface area contributed by atoms with Gasteiger partial charge in [-0.1, -0.05) is 50.6 Å². The van der Waals surface area contributed by atoms with E-state index in [9.17, 15) is 19.2 Å². The number of hydrogen-bond acceptors (Lipinski definition) is 5. The number of carbonyl (C=O) groups excluding carboxylic acids is 4. The van der Waals surface area contributed by atoms with Gasteiger partial charge in [0, 0.05) is 28.7 Å². The smallest absolute Gasteiger partial charge is 0.306 e. The molecule has 6 nitrogen and oxygen atoms in total. The maximum absolute atomic E-state index is 12.2. The van der Waals surface area contributed by atoms with Crippen molar-refractivity contribution in [1.82, 2.24) is 0 Å². The van der Waals surface area contributed by atoms with Crippen LogP contribution in [-0.2, 0) is 14.3 Å². The van der Waals surface area contributed by atoms with Crippen LogP contribution in [0.4, 0.5) is 5.69 Å². The largest absolute Gasteiger partial charge is 0.457 e. The number of Topliss-reactive ketones (excluding diaryl/α,β-unsaturated/α-hetero) is 2. The molecule has 158 valence electrons. The van der Waals surface area contributed by atoms with Crippen LogP contribution in [0.1, 0.15) is 59.9 Å². The molecule has 30 heavy (non-hydrogen) atoms. The molecule has 0 radical (unpaired) electrons. The second kappa shape index (κ2) is 9.96. The fourth-order valence-electron chi connectivity index (χ4n) is 2.46. The Kier molecular flexibility index (Phi) is 7.64. The molecule has 6 heteroatoms. The number of hydrogen-bond donors (Lipinski definition) is 1. The first kappa shape index (κ1) is 23.0. The van der Waals surface area contributed by atoms with Crippen molar-refractivity contribution in [3.8, 4) is 0 Å². The number of amides is 1. The summed E-state index contributed by atoms with van der Waals surface area (Å²) in [6.07, 6.45) is -0.0595. The Hall–Kier alpha value is -3.28. The molecule has 0 spiro atoms. The molecule has 0 atom stereocenters. The predicted molar refractivity (Wildman–Crippen MR) is 115 cm³/mol. The second-order valence-electron chi connectivity index (χ2n) is 8.15. The molecular formula is C24H27NO5. The Morgan fingerprint density at radius 1 is 0.800 bits per heavy atom. The van der Waals surface area contributed by atoms with Gasteiger partial charge in [-0.3, -0.25) is 19.2 Å². The zero-order valence-electron chi connectivity index (χ0n) is 17.8. The third-order valence-electron chi connectivity index (χ3n) is 4.44. The average molecular weight is 409 g/mol. The predicted octanol–water partition coefficient (Wildman–Crippen LogP) is 4.37. The Morgan fingerprint density at radius 2 is 1.33 bits per heavy atom. The highest BCUT2D eigenvalue weighted by atomic mass is 16.5. The molecule has 0 bridgehead atoms. The van der Waals surface area contributed by atoms with Gasteiger partial charge >= 0.3 is 5.97 Å². The lowest BCUT2D eigenvalue weighted by Crippen LogP contribution is -2.27. The van der Waals surface area contributed by atoms with Gasteiger partial charge in [-0.15, -0.1) is 0 Å². The number of benzene rings is 2. The summed E-state index contributed by atoms with van der Waals surface area (Å²) in [6, 6.07) is 13.5. The van der Waals surface area contributed by atoms with Gasteiger partial charge in [-0.25, -0.2) is 0 Å². The minimum atomic E-state index is -0.599. The third kappa shape index (κ3) is 6.95. The van der Waals surface area contributed by atoms with Gasteiger partial charge in [0.1, 0.15) is 0 Å². The Bertz CT molecular complexity index is 922. The molecule has 0 aliphatic carbocycles. The number of rotatable bonds is 8. The second-order valence-corrected chi connectivity index (χ2v) is 8.15. The van der Waals surface area contributed by atoms with Crippen molar-refractivity contribution in [2.24, 2.45) is 5.41 Å². The summed E-state index contributed by atoms with van der Waals surface area (Å²) >= 11 is 0. The van der Waals surface area contributed by atoms with Gasteiger partial charge in [-0.05, 0) is 31.2 Å². The standard InChI is InChI=1S/C24H27NO5/c1-16-5-7-17(8-6-16)20(26)13-14-22(28)30-15-21(27)18-9-11-19(12-10-18)25-23(29)24(2,3)4/h5-12H,13-15H2,1-4H3,(H,25,29). The molecule has 2 rings (SSSR count). The SMILES string of the molecule is Cc1ccc(C(=O)CCC(=O)OCC(=O)c2ccc(NC(=O)C(C)(C)C)cc2)cc1. The number of anilines is 1. The summed E-state index contributed by atoms with van der Waals surface area (Å²) in [5.74, 6) is -1.23. The molecule has 1 amide bonds. The Labute approximate surface area is 176 Å². The molecule has 1 N–H and O–H groups in total. The summed E-state index contributed by atoms with van der Waals surface area (Å²) in [6.45, 7) is 6.96. The normalized spacial score (nSPS) is 10.9. The lowest BCUT2D eigenvalue weighted by Gasteiger charge is -2.17. The molecule has 0 saturated heterocycles. The molecule has 0 heterocycles. The molecular weight excluding hydrogens is 382 g/mol. The van der Waals surface area contributed by atoms with E-state index in [1.54, 1.807) is 36.4 Å². The summed E-state index contributed by atoms with van der Waals surface area (Å²) in [5.41, 5.74) is 2.02. The van der Waals surface area contributed by atoms with E-state index in [2.05, 4.69) is 5.32 Å². The summed E-state index contributed by atoms with van der Waals surface area (Å²) in [5, 5.41) is 2.77. The third-order valence-corrected chi connectivity index (χ3v) is 4.44. The van der Waals surface area contributed by atoms with E-state index in [1.807, 2.05) is 39.8 Å². The minimum Gasteiger partial charge on any atom is -0.457 e. The number of aryl methyl sites for hydroxylation is 1. The van der Waals surface area contributed by atoms with Crippen LogP contribution in [-0.4, -0.2) is 30.0 Å². The van der Waals surface area contributed by atoms with Crippen LogP contribution in [0, 0.1) is 12.3 Å². The number of esters is 1. The highest BCUT2D eigenvalue weighted by Crippen LogP contribution is 2.18. The van der Waals surface area contributed by atoms with Crippen LogP contribution < -0.4 is 5.32 Å². The summed E-state index contributed by atoms with van der Waals surface area (Å²) < 4.78 is 4.99. The first-order chi connectivity index (χ1) is 14.1. The molecule has 2 aromatic rings. The van der Waals surface area contributed by atoms with Gasteiger partial charge in [0.25, 0.3) is 0 Å². The zero-order valence-corrected chi connectivity index (χ0v) is 17.8. The summed E-state index contributed by atoms with van der Waals surface area (Å²) in [7, 11) is 0. The monoisotopic (exact) mass is 409 g/mol. The lowest BCUT2D eigenvalue weighted by atomic mass is 9.95. The first-order valence-electron chi connectivity index (χ1n) is 9.76. The molecule has 2 aromatic carbocycles. The number of ketones is 2. The van der Waals surface area contributed by atoms with Crippen molar-refractivity contribution in [2.75, 3.05) is 11.9 Å². The van der Waals surface area contributed by atoms with Crippen LogP contribution >= 0.6 is 0 Å². The van der Waals surface area contributed by atoms with E-state index in [4.69, 9.17) is 4.74 Å². The highest BCUT2D eigenvalue weighted by molar-refractivity contribution is 6.00. The van der Waals surface area contributed by atoms with E-state index in [1.165, 1.54) is 0 Å². The fraction of sp³-hybridized carbons (Fsp3) is 0.333. The first-order valence-corrected chi connectivity index (χ1v) is 9.76. The lowest BCUT2D eigenvalue weighted by molar-refractivity contribution is -0.142. The minimum absolute atomic E-state index is 0.0260. The number of ether oxygens (including phenoxy) is 1. The van der Waals surface area contributed by atoms with E-state index in [0.717, 1.165) is 5.56 Å². The number of nitrogens with one attached hydrogen (secondary N) is 1. The van der Waals surface area contributed by atoms with Gasteiger partial charge in [0.05, 0.1) is 6.42 Å². The van der Waals surface area contributed by atoms with E-state index in [-0.39, 0.29) is 30.3 Å². The van der Waals surface area contributed by atoms with Gasteiger partial charge < -0.3 is 10.1 Å². The molecule has 0 fully saturated rings. The topological polar surface area (TPSA) is 89.5 Å². The van der Waals surface area contributed by atoms with Crippen molar-refractivity contribution in [2.45, 2.75) is 40.5 Å². The van der Waals surface area contributed by atoms with Crippen molar-refractivity contribution >= 4 is 29.1 Å². The molecule has 0 aromatic heterocycles. The maximum Gasteiger partial charge on any atom is 0.306 e. The molecule has 0 aliphatic heterocycles. The highest BCUT2D eigenvalue weighted by Gasteiger charge is 2.21. The zero-order chi connectivity index (χ0) is 22.3. The molecule has 0 aliphatic rings. The van der Waals surface area contributed by atoms with Gasteiger partial charge in [-0.2, -0.15) is 0 Å². The van der Waals surface area contributed by atoms with Gasteiger partial charge in [0.15, 0.2) is 18.2 Å². The van der Waals surface area contributed by atoms with Gasteiger partial charge in [0.2, 0.25) is 5.91 Å².